The third kappa shape index (κ3) is 7.61. The van der Waals surface area contributed by atoms with E-state index in [4.69, 9.17) is 9.47 Å². The van der Waals surface area contributed by atoms with E-state index in [0.29, 0.717) is 19.7 Å². The van der Waals surface area contributed by atoms with Crippen molar-refractivity contribution in [2.75, 3.05) is 20.8 Å². The number of guanidine groups is 1. The molecule has 0 spiro atoms. The second-order valence-electron chi connectivity index (χ2n) is 5.65. The highest BCUT2D eigenvalue weighted by Gasteiger charge is 2.00. The van der Waals surface area contributed by atoms with Crippen molar-refractivity contribution in [2.24, 2.45) is 4.99 Å². The maximum absolute atomic E-state index is 5.18. The normalized spacial score (nSPS) is 10.8. The van der Waals surface area contributed by atoms with E-state index in [2.05, 4.69) is 40.7 Å². The number of rotatable bonds is 8. The molecule has 0 aliphatic rings. The number of hydrogen-bond donors (Lipinski definition) is 2. The monoisotopic (exact) mass is 469 g/mol. The minimum Gasteiger partial charge on any atom is -0.497 e. The first-order valence-corrected chi connectivity index (χ1v) is 8.47. The van der Waals surface area contributed by atoms with Gasteiger partial charge in [-0.15, -0.1) is 24.0 Å². The Morgan fingerprint density at radius 2 is 1.69 bits per heavy atom. The lowest BCUT2D eigenvalue weighted by Crippen LogP contribution is -2.36. The van der Waals surface area contributed by atoms with Crippen molar-refractivity contribution in [3.05, 3.63) is 65.2 Å². The molecule has 2 N–H and O–H groups in total. The smallest absolute Gasteiger partial charge is 0.191 e. The predicted octanol–water partition coefficient (Wildman–Crippen LogP) is 3.71. The van der Waals surface area contributed by atoms with E-state index in [1.807, 2.05) is 30.3 Å². The summed E-state index contributed by atoms with van der Waals surface area (Å²) in [4.78, 5) is 4.66. The van der Waals surface area contributed by atoms with Crippen molar-refractivity contribution >= 4 is 29.9 Å². The molecule has 26 heavy (non-hydrogen) atoms. The van der Waals surface area contributed by atoms with Crippen molar-refractivity contribution in [1.82, 2.24) is 10.6 Å². The molecule has 0 saturated heterocycles. The molecule has 0 heterocycles. The Morgan fingerprint density at radius 3 is 2.35 bits per heavy atom. The molecule has 0 radical (unpaired) electrons. The summed E-state index contributed by atoms with van der Waals surface area (Å²) >= 11 is 0. The summed E-state index contributed by atoms with van der Waals surface area (Å²) in [6, 6.07) is 16.3. The standard InChI is InChI=1S/C20H27N3O2.HI/c1-4-21-20(22-13-16-8-10-19(25-3)11-9-16)23-14-17-6-5-7-18(12-17)15-24-2;/h5-12H,4,13-15H2,1-3H3,(H2,21,22,23);1H. The molecule has 0 amide bonds. The molecule has 142 valence electrons. The van der Waals surface area contributed by atoms with Gasteiger partial charge in [0.1, 0.15) is 5.75 Å². The Kier molecular flexibility index (Phi) is 10.7. The van der Waals surface area contributed by atoms with Gasteiger partial charge in [0.05, 0.1) is 20.3 Å². The van der Waals surface area contributed by atoms with E-state index in [9.17, 15) is 0 Å². The van der Waals surface area contributed by atoms with Crippen LogP contribution in [0.1, 0.15) is 23.6 Å². The van der Waals surface area contributed by atoms with Crippen LogP contribution in [0, 0.1) is 0 Å². The summed E-state index contributed by atoms with van der Waals surface area (Å²) in [7, 11) is 3.38. The van der Waals surface area contributed by atoms with Gasteiger partial charge >= 0.3 is 0 Å². The van der Waals surface area contributed by atoms with Crippen LogP contribution in [0.15, 0.2) is 53.5 Å². The minimum absolute atomic E-state index is 0. The molecule has 0 saturated carbocycles. The maximum Gasteiger partial charge on any atom is 0.191 e. The number of ether oxygens (including phenoxy) is 2. The summed E-state index contributed by atoms with van der Waals surface area (Å²) in [5, 5.41) is 6.63. The van der Waals surface area contributed by atoms with Crippen LogP contribution in [0.25, 0.3) is 0 Å². The number of hydrogen-bond acceptors (Lipinski definition) is 3. The zero-order valence-corrected chi connectivity index (χ0v) is 17.9. The molecule has 2 rings (SSSR count). The largest absolute Gasteiger partial charge is 0.497 e. The molecular weight excluding hydrogens is 441 g/mol. The SMILES string of the molecule is CCNC(=NCc1cccc(COC)c1)NCc1ccc(OC)cc1.I. The first kappa shape index (κ1) is 22.2. The fraction of sp³-hybridized carbons (Fsp3) is 0.350. The number of methoxy groups -OCH3 is 2. The Labute approximate surface area is 173 Å². The van der Waals surface area contributed by atoms with Gasteiger partial charge < -0.3 is 20.1 Å². The highest BCUT2D eigenvalue weighted by atomic mass is 127. The number of benzene rings is 2. The molecule has 2 aromatic carbocycles. The molecule has 2 aromatic rings. The zero-order valence-electron chi connectivity index (χ0n) is 15.6. The third-order valence-corrected chi connectivity index (χ3v) is 3.69. The number of nitrogens with zero attached hydrogens (tertiary/aromatic N) is 1. The Balaban J connectivity index is 0.00000338. The summed E-state index contributed by atoms with van der Waals surface area (Å²) in [6.45, 7) is 4.82. The van der Waals surface area contributed by atoms with Crippen LogP contribution in [0.4, 0.5) is 0 Å². The molecule has 0 aromatic heterocycles. The average Bonchev–Trinajstić information content (AvgIpc) is 2.65. The molecular formula is C20H28IN3O2. The molecule has 5 nitrogen and oxygen atoms in total. The van der Waals surface area contributed by atoms with Crippen molar-refractivity contribution < 1.29 is 9.47 Å². The molecule has 0 unspecified atom stereocenters. The van der Waals surface area contributed by atoms with Crippen LogP contribution in [0.3, 0.4) is 0 Å². The van der Waals surface area contributed by atoms with Crippen LogP contribution < -0.4 is 15.4 Å². The van der Waals surface area contributed by atoms with E-state index in [1.54, 1.807) is 14.2 Å². The van der Waals surface area contributed by atoms with Crippen LogP contribution >= 0.6 is 24.0 Å². The van der Waals surface area contributed by atoms with Crippen molar-refractivity contribution in [3.8, 4) is 5.75 Å². The van der Waals surface area contributed by atoms with E-state index in [1.165, 1.54) is 5.56 Å². The topological polar surface area (TPSA) is 54.9 Å². The van der Waals surface area contributed by atoms with Gasteiger partial charge in [-0.25, -0.2) is 4.99 Å². The van der Waals surface area contributed by atoms with Crippen LogP contribution in [0.5, 0.6) is 5.75 Å². The van der Waals surface area contributed by atoms with Gasteiger partial charge in [-0.3, -0.25) is 0 Å². The van der Waals surface area contributed by atoms with E-state index >= 15 is 0 Å². The average molecular weight is 469 g/mol. The number of aliphatic imine (C=N–C) groups is 1. The molecule has 0 aliphatic carbocycles. The zero-order chi connectivity index (χ0) is 17.9. The van der Waals surface area contributed by atoms with E-state index < -0.39 is 0 Å². The van der Waals surface area contributed by atoms with Crippen molar-refractivity contribution in [3.63, 3.8) is 0 Å². The summed E-state index contributed by atoms with van der Waals surface area (Å²) in [5.74, 6) is 1.66. The minimum atomic E-state index is 0. The highest BCUT2D eigenvalue weighted by molar-refractivity contribution is 14.0. The number of nitrogens with one attached hydrogen (secondary N) is 2. The van der Waals surface area contributed by atoms with Gasteiger partial charge in [0, 0.05) is 20.2 Å². The van der Waals surface area contributed by atoms with Crippen LogP contribution in [-0.2, 0) is 24.4 Å². The Bertz CT molecular complexity index is 675. The van der Waals surface area contributed by atoms with E-state index in [0.717, 1.165) is 29.4 Å². The first-order chi connectivity index (χ1) is 12.2. The van der Waals surface area contributed by atoms with Gasteiger partial charge in [0.25, 0.3) is 0 Å². The van der Waals surface area contributed by atoms with Crippen molar-refractivity contribution in [2.45, 2.75) is 26.6 Å². The van der Waals surface area contributed by atoms with Gasteiger partial charge in [-0.05, 0) is 35.7 Å². The lowest BCUT2D eigenvalue weighted by atomic mass is 10.1. The van der Waals surface area contributed by atoms with Gasteiger partial charge in [-0.1, -0.05) is 36.4 Å². The van der Waals surface area contributed by atoms with Crippen LogP contribution in [-0.4, -0.2) is 26.7 Å². The fourth-order valence-electron chi connectivity index (χ4n) is 2.43. The highest BCUT2D eigenvalue weighted by Crippen LogP contribution is 2.11. The van der Waals surface area contributed by atoms with Crippen molar-refractivity contribution in [1.29, 1.82) is 0 Å². The molecule has 0 atom stereocenters. The summed E-state index contributed by atoms with van der Waals surface area (Å²) in [5.41, 5.74) is 3.50. The summed E-state index contributed by atoms with van der Waals surface area (Å²) in [6.07, 6.45) is 0. The lowest BCUT2D eigenvalue weighted by Gasteiger charge is -2.12. The molecule has 0 fully saturated rings. The first-order valence-electron chi connectivity index (χ1n) is 8.47. The van der Waals surface area contributed by atoms with Gasteiger partial charge in [-0.2, -0.15) is 0 Å². The third-order valence-electron chi connectivity index (χ3n) is 3.69. The Morgan fingerprint density at radius 1 is 0.962 bits per heavy atom. The lowest BCUT2D eigenvalue weighted by molar-refractivity contribution is 0.185. The molecule has 6 heteroatoms. The van der Waals surface area contributed by atoms with Gasteiger partial charge in [0.15, 0.2) is 5.96 Å². The maximum atomic E-state index is 5.18. The quantitative estimate of drug-likeness (QED) is 0.352. The predicted molar refractivity (Wildman–Crippen MR) is 117 cm³/mol. The second kappa shape index (κ2) is 12.5. The fourth-order valence-corrected chi connectivity index (χ4v) is 2.43. The molecule has 0 aliphatic heterocycles. The number of halogens is 1. The Hall–Kier alpha value is -1.80. The second-order valence-corrected chi connectivity index (χ2v) is 5.65. The van der Waals surface area contributed by atoms with Gasteiger partial charge in [0.2, 0.25) is 0 Å². The summed E-state index contributed by atoms with van der Waals surface area (Å²) < 4.78 is 10.4. The van der Waals surface area contributed by atoms with Crippen LogP contribution in [0.2, 0.25) is 0 Å². The van der Waals surface area contributed by atoms with E-state index in [-0.39, 0.29) is 24.0 Å². The molecule has 0 bridgehead atoms.